The smallest absolute Gasteiger partial charge is 0.180 e. The number of likely N-dealkylation sites (tertiary alicyclic amines) is 1. The molecule has 0 amide bonds. The number of pyridine rings is 1. The molecule has 0 atom stereocenters. The molecule has 4 rings (SSSR count). The van der Waals surface area contributed by atoms with E-state index in [1.54, 1.807) is 0 Å². The van der Waals surface area contributed by atoms with Crippen LogP contribution in [0.4, 0.5) is 5.69 Å². The molecule has 1 fully saturated rings. The summed E-state index contributed by atoms with van der Waals surface area (Å²) in [6.45, 7) is 3.19. The van der Waals surface area contributed by atoms with E-state index in [0.717, 1.165) is 46.7 Å². The lowest BCUT2D eigenvalue weighted by Gasteiger charge is -2.14. The van der Waals surface area contributed by atoms with Crippen LogP contribution >= 0.6 is 39.1 Å². The number of imidazole rings is 1. The minimum absolute atomic E-state index is 0.232. The van der Waals surface area contributed by atoms with E-state index in [0.29, 0.717) is 21.5 Å². The van der Waals surface area contributed by atoms with Gasteiger partial charge < -0.3 is 9.64 Å². The van der Waals surface area contributed by atoms with E-state index in [1.807, 2.05) is 48.8 Å². The van der Waals surface area contributed by atoms with Crippen LogP contribution in [-0.2, 0) is 6.61 Å². The average Bonchev–Trinajstić information content (AvgIpc) is 3.21. The summed E-state index contributed by atoms with van der Waals surface area (Å²) in [4.78, 5) is 11.4. The summed E-state index contributed by atoms with van der Waals surface area (Å²) in [6, 6.07) is 7.46. The average molecular weight is 482 g/mol. The van der Waals surface area contributed by atoms with E-state index in [-0.39, 0.29) is 6.61 Å². The van der Waals surface area contributed by atoms with E-state index in [4.69, 9.17) is 32.9 Å². The molecule has 1 aromatic carbocycles. The van der Waals surface area contributed by atoms with Crippen molar-refractivity contribution in [1.29, 1.82) is 0 Å². The minimum atomic E-state index is 0.232. The summed E-state index contributed by atoms with van der Waals surface area (Å²) in [6.07, 6.45) is 4.00. The Morgan fingerprint density at radius 1 is 1.29 bits per heavy atom. The fraction of sp³-hybridized carbons (Fsp3) is 0.300. The van der Waals surface area contributed by atoms with Gasteiger partial charge in [-0.1, -0.05) is 23.2 Å². The Hall–Kier alpha value is -1.76. The van der Waals surface area contributed by atoms with Gasteiger partial charge in [0.25, 0.3) is 0 Å². The van der Waals surface area contributed by atoms with E-state index in [1.165, 1.54) is 0 Å². The lowest BCUT2D eigenvalue weighted by molar-refractivity contribution is 0.308. The largest absolute Gasteiger partial charge is 0.485 e. The highest BCUT2D eigenvalue weighted by Gasteiger charge is 2.17. The maximum Gasteiger partial charge on any atom is 0.180 e. The number of hydrogen-bond donors (Lipinski definition) is 0. The Bertz CT molecular complexity index is 1080. The predicted molar refractivity (Wildman–Crippen MR) is 117 cm³/mol. The fourth-order valence-electron chi connectivity index (χ4n) is 3.27. The second-order valence-electron chi connectivity index (χ2n) is 6.75. The molecule has 5 nitrogen and oxygen atoms in total. The zero-order chi connectivity index (χ0) is 19.8. The number of aryl methyl sites for hydroxylation is 1. The van der Waals surface area contributed by atoms with Crippen molar-refractivity contribution in [3.8, 4) is 5.75 Å². The maximum atomic E-state index is 6.64. The highest BCUT2D eigenvalue weighted by molar-refractivity contribution is 9.10. The lowest BCUT2D eigenvalue weighted by Crippen LogP contribution is -2.18. The number of ether oxygens (including phenoxy) is 1. The maximum absolute atomic E-state index is 6.64. The SMILES string of the molecule is Cc1nc2c(OCc3c(Cl)ccc(/N=C4\CCCN4C)c3Cl)cccn2c1Br. The number of hydrogen-bond acceptors (Lipinski definition) is 3. The first-order valence-corrected chi connectivity index (χ1v) is 10.5. The molecule has 1 saturated heterocycles. The predicted octanol–water partition coefficient (Wildman–Crippen LogP) is 6.05. The molecule has 8 heteroatoms. The van der Waals surface area contributed by atoms with Gasteiger partial charge in [0, 0.05) is 36.8 Å². The zero-order valence-corrected chi connectivity index (χ0v) is 18.6. The number of aliphatic imine (C=N–C) groups is 1. The number of rotatable bonds is 4. The monoisotopic (exact) mass is 480 g/mol. The molecule has 3 heterocycles. The van der Waals surface area contributed by atoms with Gasteiger partial charge in [-0.05, 0) is 53.5 Å². The van der Waals surface area contributed by atoms with Crippen LogP contribution in [0.3, 0.4) is 0 Å². The molecular weight excluding hydrogens is 463 g/mol. The second kappa shape index (κ2) is 7.93. The molecule has 0 aliphatic carbocycles. The van der Waals surface area contributed by atoms with E-state index in [9.17, 15) is 0 Å². The summed E-state index contributed by atoms with van der Waals surface area (Å²) in [7, 11) is 2.05. The van der Waals surface area contributed by atoms with E-state index < -0.39 is 0 Å². The molecule has 0 saturated carbocycles. The quantitative estimate of drug-likeness (QED) is 0.455. The van der Waals surface area contributed by atoms with Crippen LogP contribution in [0.1, 0.15) is 24.1 Å². The molecule has 146 valence electrons. The highest BCUT2D eigenvalue weighted by atomic mass is 79.9. The molecule has 1 aliphatic rings. The van der Waals surface area contributed by atoms with Crippen molar-refractivity contribution in [2.45, 2.75) is 26.4 Å². The van der Waals surface area contributed by atoms with Gasteiger partial charge in [-0.15, -0.1) is 0 Å². The van der Waals surface area contributed by atoms with E-state index >= 15 is 0 Å². The second-order valence-corrected chi connectivity index (χ2v) is 8.29. The van der Waals surface area contributed by atoms with Crippen molar-refractivity contribution < 1.29 is 4.74 Å². The van der Waals surface area contributed by atoms with Crippen LogP contribution < -0.4 is 4.74 Å². The first-order chi connectivity index (χ1) is 13.5. The lowest BCUT2D eigenvalue weighted by atomic mass is 10.2. The first kappa shape index (κ1) is 19.6. The number of fused-ring (bicyclic) bond motifs is 1. The van der Waals surface area contributed by atoms with Crippen molar-refractivity contribution >= 4 is 56.3 Å². The Morgan fingerprint density at radius 3 is 2.86 bits per heavy atom. The van der Waals surface area contributed by atoms with Crippen LogP contribution in [-0.4, -0.2) is 33.7 Å². The highest BCUT2D eigenvalue weighted by Crippen LogP contribution is 2.36. The van der Waals surface area contributed by atoms with Crippen molar-refractivity contribution in [2.24, 2.45) is 4.99 Å². The van der Waals surface area contributed by atoms with Gasteiger partial charge in [0.15, 0.2) is 11.4 Å². The van der Waals surface area contributed by atoms with Gasteiger partial charge in [-0.25, -0.2) is 9.98 Å². The molecule has 0 bridgehead atoms. The van der Waals surface area contributed by atoms with Crippen molar-refractivity contribution in [1.82, 2.24) is 14.3 Å². The van der Waals surface area contributed by atoms with E-state index in [2.05, 4.69) is 25.8 Å². The van der Waals surface area contributed by atoms with Gasteiger partial charge >= 0.3 is 0 Å². The summed E-state index contributed by atoms with van der Waals surface area (Å²) in [5.41, 5.74) is 3.06. The van der Waals surface area contributed by atoms with Crippen LogP contribution in [0, 0.1) is 6.92 Å². The topological polar surface area (TPSA) is 42.1 Å². The van der Waals surface area contributed by atoms with Crippen molar-refractivity contribution in [2.75, 3.05) is 13.6 Å². The number of amidine groups is 1. The van der Waals surface area contributed by atoms with Crippen LogP contribution in [0.5, 0.6) is 5.75 Å². The molecule has 2 aromatic heterocycles. The molecule has 0 radical (unpaired) electrons. The molecule has 0 spiro atoms. The third-order valence-electron chi connectivity index (χ3n) is 4.84. The molecule has 28 heavy (non-hydrogen) atoms. The summed E-state index contributed by atoms with van der Waals surface area (Å²) in [5.74, 6) is 1.70. The Labute approximate surface area is 182 Å². The molecule has 0 N–H and O–H groups in total. The Kier molecular flexibility index (Phi) is 5.54. The zero-order valence-electron chi connectivity index (χ0n) is 15.5. The molecular formula is C20H19BrCl2N4O. The summed E-state index contributed by atoms with van der Waals surface area (Å²) >= 11 is 16.6. The molecule has 3 aromatic rings. The van der Waals surface area contributed by atoms with Gasteiger partial charge in [0.1, 0.15) is 17.0 Å². The van der Waals surface area contributed by atoms with Crippen molar-refractivity contribution in [3.63, 3.8) is 0 Å². The fourth-order valence-corrected chi connectivity index (χ4v) is 4.16. The van der Waals surface area contributed by atoms with Crippen LogP contribution in [0.25, 0.3) is 5.65 Å². The van der Waals surface area contributed by atoms with Crippen LogP contribution in [0.2, 0.25) is 10.0 Å². The molecule has 1 aliphatic heterocycles. The van der Waals surface area contributed by atoms with Crippen molar-refractivity contribution in [3.05, 3.63) is 56.4 Å². The standard InChI is InChI=1S/C20H19BrCl2N4O/c1-12-19(21)27-10-3-5-16(20(27)24-12)28-11-13-14(22)7-8-15(18(13)23)25-17-6-4-9-26(17)2/h3,5,7-8,10H,4,6,9,11H2,1-2H3/b25-17+. The minimum Gasteiger partial charge on any atom is -0.485 e. The van der Waals surface area contributed by atoms with Gasteiger partial charge in [-0.3, -0.25) is 4.40 Å². The van der Waals surface area contributed by atoms with Gasteiger partial charge in [0.05, 0.1) is 16.4 Å². The number of aromatic nitrogens is 2. The Balaban J connectivity index is 1.64. The van der Waals surface area contributed by atoms with Gasteiger partial charge in [-0.2, -0.15) is 0 Å². The number of halogens is 3. The summed E-state index contributed by atoms with van der Waals surface area (Å²) in [5, 5.41) is 1.08. The third kappa shape index (κ3) is 3.61. The summed E-state index contributed by atoms with van der Waals surface area (Å²) < 4.78 is 8.89. The number of benzene rings is 1. The molecule has 0 unspecified atom stereocenters. The van der Waals surface area contributed by atoms with Gasteiger partial charge in [0.2, 0.25) is 0 Å². The third-order valence-corrected chi connectivity index (χ3v) is 6.57. The number of nitrogens with zero attached hydrogens (tertiary/aromatic N) is 4. The Morgan fingerprint density at radius 2 is 2.11 bits per heavy atom. The normalized spacial score (nSPS) is 15.8. The van der Waals surface area contributed by atoms with Crippen LogP contribution in [0.15, 0.2) is 40.1 Å². The first-order valence-electron chi connectivity index (χ1n) is 8.97.